The second kappa shape index (κ2) is 6.44. The molecule has 0 aliphatic carbocycles. The molecule has 0 saturated heterocycles. The van der Waals surface area contributed by atoms with Crippen molar-refractivity contribution in [3.8, 4) is 0 Å². The highest BCUT2D eigenvalue weighted by molar-refractivity contribution is 5.90. The third-order valence-electron chi connectivity index (χ3n) is 4.80. The number of ether oxygens (including phenoxy) is 1. The average Bonchev–Trinajstić information content (AvgIpc) is 3.01. The van der Waals surface area contributed by atoms with E-state index >= 15 is 0 Å². The summed E-state index contributed by atoms with van der Waals surface area (Å²) in [5.74, 6) is 0.894. The van der Waals surface area contributed by atoms with E-state index in [0.717, 1.165) is 16.7 Å². The van der Waals surface area contributed by atoms with Crippen LogP contribution in [0.15, 0.2) is 39.9 Å². The number of esters is 1. The fraction of sp³-hybridized carbons (Fsp3) is 0.450. The van der Waals surface area contributed by atoms with Gasteiger partial charge < -0.3 is 14.3 Å². The molecule has 0 unspecified atom stereocenters. The van der Waals surface area contributed by atoms with Gasteiger partial charge in [0.15, 0.2) is 0 Å². The molecule has 0 aromatic carbocycles. The zero-order valence-corrected chi connectivity index (χ0v) is 14.5. The Morgan fingerprint density at radius 2 is 2.12 bits per heavy atom. The maximum atomic E-state index is 12.0. The fourth-order valence-corrected chi connectivity index (χ4v) is 3.50. The van der Waals surface area contributed by atoms with Crippen molar-refractivity contribution in [3.05, 3.63) is 52.5 Å². The highest BCUT2D eigenvalue weighted by Gasteiger charge is 2.30. The van der Waals surface area contributed by atoms with Crippen LogP contribution < -0.4 is 0 Å². The summed E-state index contributed by atoms with van der Waals surface area (Å²) in [6, 6.07) is 1.94. The Balaban J connectivity index is 2.02. The molecular formula is C20H24O4. The number of furan rings is 1. The Morgan fingerprint density at radius 1 is 1.38 bits per heavy atom. The van der Waals surface area contributed by atoms with E-state index in [-0.39, 0.29) is 18.0 Å². The molecule has 24 heavy (non-hydrogen) atoms. The van der Waals surface area contributed by atoms with Crippen molar-refractivity contribution >= 4 is 12.0 Å². The van der Waals surface area contributed by atoms with Crippen molar-refractivity contribution in [3.63, 3.8) is 0 Å². The number of aliphatic hydroxyl groups excluding tert-OH is 1. The molecule has 128 valence electrons. The van der Waals surface area contributed by atoms with Gasteiger partial charge in [-0.2, -0.15) is 0 Å². The lowest BCUT2D eigenvalue weighted by Gasteiger charge is -2.22. The number of aliphatic hydroxyl groups is 1. The molecule has 3 atom stereocenters. The van der Waals surface area contributed by atoms with Crippen LogP contribution in [0, 0.1) is 12.8 Å². The van der Waals surface area contributed by atoms with Gasteiger partial charge in [-0.05, 0) is 57.4 Å². The van der Waals surface area contributed by atoms with Crippen LogP contribution in [0.3, 0.4) is 0 Å². The van der Waals surface area contributed by atoms with E-state index in [1.54, 1.807) is 0 Å². The Bertz CT molecular complexity index is 735. The summed E-state index contributed by atoms with van der Waals surface area (Å²) in [6.45, 7) is 9.84. The molecule has 3 rings (SSSR count). The number of hydrogen-bond acceptors (Lipinski definition) is 4. The average molecular weight is 328 g/mol. The molecular weight excluding hydrogens is 304 g/mol. The molecule has 0 saturated carbocycles. The molecule has 1 aromatic heterocycles. The molecule has 1 N–H and O–H groups in total. The quantitative estimate of drug-likeness (QED) is 0.618. The van der Waals surface area contributed by atoms with Gasteiger partial charge in [0.25, 0.3) is 0 Å². The van der Waals surface area contributed by atoms with Crippen LogP contribution in [-0.2, 0) is 9.53 Å². The molecule has 1 aromatic rings. The third-order valence-corrected chi connectivity index (χ3v) is 4.80. The monoisotopic (exact) mass is 328 g/mol. The summed E-state index contributed by atoms with van der Waals surface area (Å²) in [7, 11) is 0. The molecule has 4 heteroatoms. The van der Waals surface area contributed by atoms with Crippen LogP contribution in [0.4, 0.5) is 0 Å². The van der Waals surface area contributed by atoms with Gasteiger partial charge in [-0.15, -0.1) is 0 Å². The number of carbonyl (C=O) groups is 1. The normalized spacial score (nSPS) is 27.3. The number of aryl methyl sites for hydroxylation is 1. The SMILES string of the molecule is C=C(C)[C@@H]1CCC2=C[C@H](CC(C)=Cc3cc(C)c(o3)[C@H]1O)OC2=O. The zero-order valence-electron chi connectivity index (χ0n) is 14.5. The van der Waals surface area contributed by atoms with E-state index in [0.29, 0.717) is 36.4 Å². The second-order valence-electron chi connectivity index (χ2n) is 6.96. The first kappa shape index (κ1) is 16.8. The molecule has 0 amide bonds. The lowest BCUT2D eigenvalue weighted by molar-refractivity contribution is -0.139. The highest BCUT2D eigenvalue weighted by atomic mass is 16.5. The summed E-state index contributed by atoms with van der Waals surface area (Å²) in [6.07, 6.45) is 4.73. The minimum absolute atomic E-state index is 0.165. The van der Waals surface area contributed by atoms with Crippen molar-refractivity contribution in [1.82, 2.24) is 0 Å². The Labute approximate surface area is 142 Å². The molecule has 4 nitrogen and oxygen atoms in total. The summed E-state index contributed by atoms with van der Waals surface area (Å²) in [5, 5.41) is 10.8. The van der Waals surface area contributed by atoms with E-state index in [4.69, 9.17) is 9.15 Å². The van der Waals surface area contributed by atoms with Gasteiger partial charge in [0.05, 0.1) is 0 Å². The van der Waals surface area contributed by atoms with Gasteiger partial charge in [0.2, 0.25) is 0 Å². The van der Waals surface area contributed by atoms with Crippen molar-refractivity contribution in [2.24, 2.45) is 5.92 Å². The maximum Gasteiger partial charge on any atom is 0.334 e. The van der Waals surface area contributed by atoms with Crippen molar-refractivity contribution in [2.45, 2.75) is 52.2 Å². The minimum atomic E-state index is -0.764. The standard InChI is InChI=1S/C20H24O4/c1-11(2)17-6-5-14-10-16(24-20(14)22)8-12(3)7-15-9-13(4)19(23-15)18(17)21/h7,9-10,16-18,21H,1,5-6,8H2,2-4H3/t16-,17-,18-/m0/s1. The molecule has 0 spiro atoms. The van der Waals surface area contributed by atoms with E-state index < -0.39 is 6.10 Å². The van der Waals surface area contributed by atoms with Crippen molar-refractivity contribution in [2.75, 3.05) is 0 Å². The van der Waals surface area contributed by atoms with Gasteiger partial charge in [0, 0.05) is 17.9 Å². The van der Waals surface area contributed by atoms with E-state index in [2.05, 4.69) is 6.58 Å². The summed E-state index contributed by atoms with van der Waals surface area (Å²) >= 11 is 0. The maximum absolute atomic E-state index is 12.0. The Kier molecular flexibility index (Phi) is 4.50. The van der Waals surface area contributed by atoms with E-state index in [1.807, 2.05) is 39.0 Å². The predicted molar refractivity (Wildman–Crippen MR) is 92.2 cm³/mol. The Morgan fingerprint density at radius 3 is 2.83 bits per heavy atom. The largest absolute Gasteiger partial charge is 0.459 e. The van der Waals surface area contributed by atoms with Gasteiger partial charge in [0.1, 0.15) is 23.7 Å². The van der Waals surface area contributed by atoms with Gasteiger partial charge >= 0.3 is 5.97 Å². The molecule has 0 fully saturated rings. The summed E-state index contributed by atoms with van der Waals surface area (Å²) in [4.78, 5) is 12.0. The topological polar surface area (TPSA) is 59.7 Å². The Hall–Kier alpha value is -2.07. The first-order valence-corrected chi connectivity index (χ1v) is 8.37. The van der Waals surface area contributed by atoms with Crippen LogP contribution >= 0.6 is 0 Å². The van der Waals surface area contributed by atoms with Crippen LogP contribution in [0.5, 0.6) is 0 Å². The van der Waals surface area contributed by atoms with Gasteiger partial charge in [-0.1, -0.05) is 17.7 Å². The number of rotatable bonds is 1. The highest BCUT2D eigenvalue weighted by Crippen LogP contribution is 2.36. The molecule has 4 bridgehead atoms. The van der Waals surface area contributed by atoms with Crippen LogP contribution in [0.25, 0.3) is 6.08 Å². The predicted octanol–water partition coefficient (Wildman–Crippen LogP) is 4.25. The summed E-state index contributed by atoms with van der Waals surface area (Å²) < 4.78 is 11.3. The van der Waals surface area contributed by atoms with Crippen molar-refractivity contribution < 1.29 is 19.1 Å². The lowest BCUT2D eigenvalue weighted by Crippen LogP contribution is -2.15. The van der Waals surface area contributed by atoms with Gasteiger partial charge in [-0.3, -0.25) is 0 Å². The fourth-order valence-electron chi connectivity index (χ4n) is 3.50. The van der Waals surface area contributed by atoms with Gasteiger partial charge in [-0.25, -0.2) is 4.79 Å². The second-order valence-corrected chi connectivity index (χ2v) is 6.96. The van der Waals surface area contributed by atoms with Crippen molar-refractivity contribution in [1.29, 1.82) is 0 Å². The van der Waals surface area contributed by atoms with E-state index in [9.17, 15) is 9.90 Å². The molecule has 3 heterocycles. The first-order valence-electron chi connectivity index (χ1n) is 8.37. The minimum Gasteiger partial charge on any atom is -0.459 e. The van der Waals surface area contributed by atoms with Crippen LogP contribution in [-0.4, -0.2) is 17.2 Å². The lowest BCUT2D eigenvalue weighted by atomic mass is 9.87. The zero-order chi connectivity index (χ0) is 17.4. The number of fused-ring (bicyclic) bond motifs is 3. The first-order chi connectivity index (χ1) is 11.3. The number of carbonyl (C=O) groups excluding carboxylic acids is 1. The molecule has 2 aliphatic rings. The molecule has 0 radical (unpaired) electrons. The van der Waals surface area contributed by atoms with Crippen LogP contribution in [0.2, 0.25) is 0 Å². The van der Waals surface area contributed by atoms with Crippen LogP contribution in [0.1, 0.15) is 56.3 Å². The van der Waals surface area contributed by atoms with E-state index in [1.165, 1.54) is 0 Å². The number of hydrogen-bond donors (Lipinski definition) is 1. The summed E-state index contributed by atoms with van der Waals surface area (Å²) in [5.41, 5.74) is 3.57. The third kappa shape index (κ3) is 3.24. The smallest absolute Gasteiger partial charge is 0.334 e. The molecule has 2 aliphatic heterocycles.